The van der Waals surface area contributed by atoms with Gasteiger partial charge in [-0.15, -0.1) is 0 Å². The van der Waals surface area contributed by atoms with Crippen molar-refractivity contribution in [3.05, 3.63) is 71.9 Å². The van der Waals surface area contributed by atoms with E-state index in [2.05, 4.69) is 46.6 Å². The molecular weight excluding hydrogens is 340 g/mol. The van der Waals surface area contributed by atoms with Gasteiger partial charge < -0.3 is 15.4 Å². The Morgan fingerprint density at radius 3 is 2.44 bits per heavy atom. The largest absolute Gasteiger partial charge is 0.465 e. The average Bonchev–Trinajstić information content (AvgIpc) is 2.68. The van der Waals surface area contributed by atoms with Crippen molar-refractivity contribution in [3.8, 4) is 0 Å². The topological polar surface area (TPSA) is 76.1 Å². The monoisotopic (exact) mass is 362 g/mol. The summed E-state index contributed by atoms with van der Waals surface area (Å²) in [5, 5.41) is 6.34. The summed E-state index contributed by atoms with van der Waals surface area (Å²) < 4.78 is 4.81. The maximum atomic E-state index is 11.9. The number of hydrogen-bond acceptors (Lipinski definition) is 6. The van der Waals surface area contributed by atoms with E-state index < -0.39 is 5.97 Å². The van der Waals surface area contributed by atoms with Gasteiger partial charge in [-0.05, 0) is 41.8 Å². The number of carbonyl (C=O) groups is 1. The molecule has 2 aromatic carbocycles. The minimum absolute atomic E-state index is 0.384. The first-order valence-corrected chi connectivity index (χ1v) is 8.71. The molecular formula is C21H22N4O2. The summed E-state index contributed by atoms with van der Waals surface area (Å²) >= 11 is 0. The number of nitrogens with zero attached hydrogens (tertiary/aromatic N) is 2. The molecule has 3 aromatic rings. The highest BCUT2D eigenvalue weighted by molar-refractivity contribution is 5.96. The van der Waals surface area contributed by atoms with E-state index >= 15 is 0 Å². The van der Waals surface area contributed by atoms with Crippen LogP contribution in [0.25, 0.3) is 0 Å². The molecule has 0 radical (unpaired) electrons. The first-order chi connectivity index (χ1) is 13.1. The number of aromatic nitrogens is 2. The van der Waals surface area contributed by atoms with Crippen LogP contribution in [0.4, 0.5) is 23.1 Å². The van der Waals surface area contributed by atoms with Crippen LogP contribution in [0.1, 0.15) is 35.7 Å². The molecule has 1 heterocycles. The van der Waals surface area contributed by atoms with Crippen LogP contribution in [0.2, 0.25) is 0 Å². The third kappa shape index (κ3) is 4.61. The van der Waals surface area contributed by atoms with Gasteiger partial charge in [0.15, 0.2) is 0 Å². The zero-order valence-electron chi connectivity index (χ0n) is 15.6. The van der Waals surface area contributed by atoms with E-state index in [1.54, 1.807) is 30.5 Å². The smallest absolute Gasteiger partial charge is 0.339 e. The molecule has 6 heteroatoms. The molecule has 0 aliphatic heterocycles. The van der Waals surface area contributed by atoms with Gasteiger partial charge in [0, 0.05) is 11.9 Å². The number of hydrogen-bond donors (Lipinski definition) is 2. The SMILES string of the molecule is COC(=O)c1ccccc1Nc1nccc(Nc2ccc(C(C)C)cc2)n1. The number of carbonyl (C=O) groups excluding carboxylic acids is 1. The molecule has 0 aliphatic rings. The van der Waals surface area contributed by atoms with Crippen molar-refractivity contribution < 1.29 is 9.53 Å². The molecule has 6 nitrogen and oxygen atoms in total. The van der Waals surface area contributed by atoms with Crippen LogP contribution in [0.3, 0.4) is 0 Å². The molecule has 0 spiro atoms. The third-order valence-electron chi connectivity index (χ3n) is 4.08. The van der Waals surface area contributed by atoms with Gasteiger partial charge in [0.2, 0.25) is 5.95 Å². The maximum Gasteiger partial charge on any atom is 0.339 e. The fraction of sp³-hybridized carbons (Fsp3) is 0.190. The fourth-order valence-electron chi connectivity index (χ4n) is 2.59. The van der Waals surface area contributed by atoms with Gasteiger partial charge in [0.05, 0.1) is 18.4 Å². The molecule has 0 atom stereocenters. The number of esters is 1. The van der Waals surface area contributed by atoms with Crippen molar-refractivity contribution >= 4 is 29.1 Å². The Morgan fingerprint density at radius 2 is 1.74 bits per heavy atom. The van der Waals surface area contributed by atoms with Crippen molar-refractivity contribution in [2.75, 3.05) is 17.7 Å². The highest BCUT2D eigenvalue weighted by Crippen LogP contribution is 2.22. The third-order valence-corrected chi connectivity index (χ3v) is 4.08. The summed E-state index contributed by atoms with van der Waals surface area (Å²) in [6.07, 6.45) is 1.65. The molecule has 0 unspecified atom stereocenters. The molecule has 0 aliphatic carbocycles. The molecule has 138 valence electrons. The zero-order valence-corrected chi connectivity index (χ0v) is 15.6. The predicted octanol–water partition coefficient (Wildman–Crippen LogP) is 4.87. The van der Waals surface area contributed by atoms with E-state index in [-0.39, 0.29) is 0 Å². The first-order valence-electron chi connectivity index (χ1n) is 8.71. The van der Waals surface area contributed by atoms with E-state index in [0.717, 1.165) is 5.69 Å². The molecule has 27 heavy (non-hydrogen) atoms. The van der Waals surface area contributed by atoms with Crippen LogP contribution in [0.15, 0.2) is 60.8 Å². The molecule has 2 N–H and O–H groups in total. The second kappa shape index (κ2) is 8.31. The van der Waals surface area contributed by atoms with E-state index in [1.807, 2.05) is 18.2 Å². The van der Waals surface area contributed by atoms with Gasteiger partial charge in [-0.25, -0.2) is 9.78 Å². The van der Waals surface area contributed by atoms with Crippen molar-refractivity contribution in [2.45, 2.75) is 19.8 Å². The van der Waals surface area contributed by atoms with Crippen LogP contribution < -0.4 is 10.6 Å². The maximum absolute atomic E-state index is 11.9. The minimum Gasteiger partial charge on any atom is -0.465 e. The summed E-state index contributed by atoms with van der Waals surface area (Å²) in [5.74, 6) is 1.11. The Bertz CT molecular complexity index is 923. The number of ether oxygens (including phenoxy) is 1. The molecule has 0 amide bonds. The molecule has 0 saturated carbocycles. The number of benzene rings is 2. The van der Waals surface area contributed by atoms with Gasteiger partial charge in [-0.1, -0.05) is 38.1 Å². The molecule has 0 bridgehead atoms. The lowest BCUT2D eigenvalue weighted by Crippen LogP contribution is -2.07. The van der Waals surface area contributed by atoms with Gasteiger partial charge in [-0.2, -0.15) is 4.98 Å². The average molecular weight is 362 g/mol. The summed E-state index contributed by atoms with van der Waals surface area (Å²) in [7, 11) is 1.35. The number of para-hydroxylation sites is 1. The van der Waals surface area contributed by atoms with Crippen molar-refractivity contribution in [3.63, 3.8) is 0 Å². The lowest BCUT2D eigenvalue weighted by atomic mass is 10.0. The highest BCUT2D eigenvalue weighted by Gasteiger charge is 2.12. The number of nitrogens with one attached hydrogen (secondary N) is 2. The zero-order chi connectivity index (χ0) is 19.2. The van der Waals surface area contributed by atoms with Crippen molar-refractivity contribution in [2.24, 2.45) is 0 Å². The second-order valence-electron chi connectivity index (χ2n) is 6.33. The minimum atomic E-state index is -0.419. The number of rotatable bonds is 6. The standard InChI is InChI=1S/C21H22N4O2/c1-14(2)15-8-10-16(11-9-15)23-19-12-13-22-21(25-19)24-18-7-5-4-6-17(18)20(26)27-3/h4-14H,1-3H3,(H2,22,23,24,25). The van der Waals surface area contributed by atoms with E-state index in [0.29, 0.717) is 28.9 Å². The summed E-state index contributed by atoms with van der Waals surface area (Å²) in [5.41, 5.74) is 3.23. The molecule has 0 fully saturated rings. The molecule has 3 rings (SSSR count). The van der Waals surface area contributed by atoms with Crippen molar-refractivity contribution in [1.29, 1.82) is 0 Å². The Labute approximate surface area is 158 Å². The van der Waals surface area contributed by atoms with E-state index in [9.17, 15) is 4.79 Å². The fourth-order valence-corrected chi connectivity index (χ4v) is 2.59. The second-order valence-corrected chi connectivity index (χ2v) is 6.33. The van der Waals surface area contributed by atoms with Crippen LogP contribution in [0, 0.1) is 0 Å². The molecule has 1 aromatic heterocycles. The van der Waals surface area contributed by atoms with Crippen molar-refractivity contribution in [1.82, 2.24) is 9.97 Å². The van der Waals surface area contributed by atoms with Gasteiger partial charge >= 0.3 is 5.97 Å². The summed E-state index contributed by atoms with van der Waals surface area (Å²) in [4.78, 5) is 20.6. The Morgan fingerprint density at radius 1 is 1.00 bits per heavy atom. The lowest BCUT2D eigenvalue weighted by Gasteiger charge is -2.11. The van der Waals surface area contributed by atoms with Gasteiger partial charge in [0.1, 0.15) is 5.82 Å². The van der Waals surface area contributed by atoms with Crippen LogP contribution in [-0.4, -0.2) is 23.0 Å². The molecule has 0 saturated heterocycles. The predicted molar refractivity (Wildman–Crippen MR) is 107 cm³/mol. The van der Waals surface area contributed by atoms with Crippen LogP contribution in [0.5, 0.6) is 0 Å². The lowest BCUT2D eigenvalue weighted by molar-refractivity contribution is 0.0602. The van der Waals surface area contributed by atoms with E-state index in [4.69, 9.17) is 4.74 Å². The Hall–Kier alpha value is -3.41. The van der Waals surface area contributed by atoms with Crippen LogP contribution in [-0.2, 0) is 4.74 Å². The first kappa shape index (κ1) is 18.4. The summed E-state index contributed by atoms with van der Waals surface area (Å²) in [6.45, 7) is 4.33. The van der Waals surface area contributed by atoms with Gasteiger partial charge in [-0.3, -0.25) is 0 Å². The van der Waals surface area contributed by atoms with E-state index in [1.165, 1.54) is 12.7 Å². The Balaban J connectivity index is 1.77. The summed E-state index contributed by atoms with van der Waals surface area (Å²) in [6, 6.07) is 17.1. The van der Waals surface area contributed by atoms with Gasteiger partial charge in [0.25, 0.3) is 0 Å². The normalized spacial score (nSPS) is 10.5. The quantitative estimate of drug-likeness (QED) is 0.609. The Kier molecular flexibility index (Phi) is 5.66. The number of anilines is 4. The highest BCUT2D eigenvalue weighted by atomic mass is 16.5. The van der Waals surface area contributed by atoms with Crippen LogP contribution >= 0.6 is 0 Å². The number of methoxy groups -OCH3 is 1.